The quantitative estimate of drug-likeness (QED) is 0.592. The molecule has 2 aromatic rings. The number of carbonyl (C=O) groups is 1. The maximum atomic E-state index is 12.6. The molecule has 1 fully saturated rings. The van der Waals surface area contributed by atoms with E-state index in [0.29, 0.717) is 5.75 Å². The van der Waals surface area contributed by atoms with Crippen molar-refractivity contribution in [2.24, 2.45) is 5.92 Å². The first-order chi connectivity index (χ1) is 12.2. The number of hydrogen-bond donors (Lipinski definition) is 0. The molecule has 0 unspecified atom stereocenters. The van der Waals surface area contributed by atoms with Crippen LogP contribution in [0.5, 0.6) is 0 Å². The number of hydrogen-bond acceptors (Lipinski definition) is 5. The lowest BCUT2D eigenvalue weighted by Gasteiger charge is -2.20. The van der Waals surface area contributed by atoms with E-state index in [9.17, 15) is 4.79 Å². The van der Waals surface area contributed by atoms with Crippen molar-refractivity contribution in [3.05, 3.63) is 16.8 Å². The van der Waals surface area contributed by atoms with Gasteiger partial charge < -0.3 is 4.90 Å². The normalized spacial score (nSPS) is 21.2. The summed E-state index contributed by atoms with van der Waals surface area (Å²) in [4.78, 5) is 26.2. The first-order valence-electron chi connectivity index (χ1n) is 9.38. The smallest absolute Gasteiger partial charge is 0.232 e. The molecule has 0 spiro atoms. The molecule has 0 saturated carbocycles. The summed E-state index contributed by atoms with van der Waals surface area (Å²) in [5, 5.41) is 2.23. The van der Waals surface area contributed by atoms with Crippen molar-refractivity contribution in [3.8, 4) is 0 Å². The van der Waals surface area contributed by atoms with E-state index < -0.39 is 0 Å². The number of fused-ring (bicyclic) bond motifs is 3. The average molecular weight is 376 g/mol. The zero-order chi connectivity index (χ0) is 17.2. The highest BCUT2D eigenvalue weighted by Gasteiger charge is 2.24. The van der Waals surface area contributed by atoms with E-state index in [1.807, 2.05) is 16.2 Å². The SMILES string of the molecule is C[C@@H]1CCc2c(sc3ncnc(SCC(=O)N4CCCCCC4)c23)C1. The number of aryl methyl sites for hydroxylation is 1. The van der Waals surface area contributed by atoms with Crippen LogP contribution in [-0.4, -0.2) is 39.6 Å². The molecule has 4 nitrogen and oxygen atoms in total. The van der Waals surface area contributed by atoms with Gasteiger partial charge in [-0.25, -0.2) is 9.97 Å². The molecule has 2 aliphatic rings. The molecular weight excluding hydrogens is 350 g/mol. The second-order valence-corrected chi connectivity index (χ2v) is 9.34. The fourth-order valence-corrected chi connectivity index (χ4v) is 6.24. The van der Waals surface area contributed by atoms with E-state index in [4.69, 9.17) is 0 Å². The molecule has 25 heavy (non-hydrogen) atoms. The number of nitrogens with zero attached hydrogens (tertiary/aromatic N) is 3. The van der Waals surface area contributed by atoms with Gasteiger partial charge in [-0.05, 0) is 43.6 Å². The van der Waals surface area contributed by atoms with Gasteiger partial charge in [-0.2, -0.15) is 0 Å². The molecule has 0 N–H and O–H groups in total. The van der Waals surface area contributed by atoms with Crippen LogP contribution in [0.2, 0.25) is 0 Å². The topological polar surface area (TPSA) is 46.1 Å². The summed E-state index contributed by atoms with van der Waals surface area (Å²) in [7, 11) is 0. The third kappa shape index (κ3) is 3.70. The van der Waals surface area contributed by atoms with Gasteiger partial charge in [-0.3, -0.25) is 4.79 Å². The van der Waals surface area contributed by atoms with Crippen molar-refractivity contribution in [1.82, 2.24) is 14.9 Å². The van der Waals surface area contributed by atoms with Crippen LogP contribution in [0.15, 0.2) is 11.4 Å². The number of aromatic nitrogens is 2. The summed E-state index contributed by atoms with van der Waals surface area (Å²) in [6.07, 6.45) is 9.97. The minimum absolute atomic E-state index is 0.261. The lowest BCUT2D eigenvalue weighted by molar-refractivity contribution is -0.128. The van der Waals surface area contributed by atoms with Gasteiger partial charge in [-0.15, -0.1) is 11.3 Å². The van der Waals surface area contributed by atoms with Crippen molar-refractivity contribution in [2.75, 3.05) is 18.8 Å². The second-order valence-electron chi connectivity index (χ2n) is 7.29. The summed E-state index contributed by atoms with van der Waals surface area (Å²) >= 11 is 3.42. The molecule has 1 saturated heterocycles. The molecule has 0 bridgehead atoms. The molecule has 2 aromatic heterocycles. The maximum Gasteiger partial charge on any atom is 0.232 e. The van der Waals surface area contributed by atoms with Crippen molar-refractivity contribution in [3.63, 3.8) is 0 Å². The lowest BCUT2D eigenvalue weighted by atomic mass is 9.89. The number of carbonyl (C=O) groups excluding carboxylic acids is 1. The first kappa shape index (κ1) is 17.3. The van der Waals surface area contributed by atoms with Crippen LogP contribution >= 0.6 is 23.1 Å². The summed E-state index contributed by atoms with van der Waals surface area (Å²) in [6.45, 7) is 4.17. The van der Waals surface area contributed by atoms with Gasteiger partial charge in [0.2, 0.25) is 5.91 Å². The second kappa shape index (κ2) is 7.62. The number of thiophene rings is 1. The fourth-order valence-electron chi connectivity index (χ4n) is 3.90. The number of rotatable bonds is 3. The minimum Gasteiger partial charge on any atom is -0.342 e. The largest absolute Gasteiger partial charge is 0.342 e. The molecule has 1 aliphatic carbocycles. The molecular formula is C19H25N3OS2. The number of thioether (sulfide) groups is 1. The summed E-state index contributed by atoms with van der Waals surface area (Å²) in [5.41, 5.74) is 1.45. The first-order valence-corrected chi connectivity index (χ1v) is 11.2. The third-order valence-electron chi connectivity index (χ3n) is 5.35. The molecule has 0 aromatic carbocycles. The Hall–Kier alpha value is -1.14. The van der Waals surface area contributed by atoms with Gasteiger partial charge in [-0.1, -0.05) is 31.5 Å². The summed E-state index contributed by atoms with van der Waals surface area (Å²) in [5.74, 6) is 1.51. The Balaban J connectivity index is 1.52. The highest BCUT2D eigenvalue weighted by atomic mass is 32.2. The average Bonchev–Trinajstić information content (AvgIpc) is 2.79. The summed E-state index contributed by atoms with van der Waals surface area (Å²) in [6, 6.07) is 0. The van der Waals surface area contributed by atoms with Gasteiger partial charge in [0.25, 0.3) is 0 Å². The highest BCUT2D eigenvalue weighted by Crippen LogP contribution is 2.40. The molecule has 0 radical (unpaired) electrons. The van der Waals surface area contributed by atoms with Gasteiger partial charge in [0.15, 0.2) is 0 Å². The van der Waals surface area contributed by atoms with Crippen LogP contribution in [0, 0.1) is 5.92 Å². The Morgan fingerprint density at radius 3 is 2.88 bits per heavy atom. The van der Waals surface area contributed by atoms with E-state index >= 15 is 0 Å². The van der Waals surface area contributed by atoms with Crippen molar-refractivity contribution in [2.45, 2.75) is 56.9 Å². The van der Waals surface area contributed by atoms with Crippen molar-refractivity contribution < 1.29 is 4.79 Å². The highest BCUT2D eigenvalue weighted by molar-refractivity contribution is 8.00. The van der Waals surface area contributed by atoms with E-state index in [2.05, 4.69) is 16.9 Å². The maximum absolute atomic E-state index is 12.6. The van der Waals surface area contributed by atoms with Gasteiger partial charge in [0.1, 0.15) is 16.2 Å². The summed E-state index contributed by atoms with van der Waals surface area (Å²) < 4.78 is 0. The van der Waals surface area contributed by atoms with Crippen LogP contribution in [-0.2, 0) is 17.6 Å². The molecule has 4 rings (SSSR count). The van der Waals surface area contributed by atoms with E-state index in [1.165, 1.54) is 35.1 Å². The van der Waals surface area contributed by atoms with E-state index in [-0.39, 0.29) is 5.91 Å². The van der Waals surface area contributed by atoms with Crippen LogP contribution < -0.4 is 0 Å². The Kier molecular flexibility index (Phi) is 5.27. The Morgan fingerprint density at radius 1 is 1.28 bits per heavy atom. The third-order valence-corrected chi connectivity index (χ3v) is 7.48. The molecule has 134 valence electrons. The van der Waals surface area contributed by atoms with E-state index in [0.717, 1.165) is 54.5 Å². The van der Waals surface area contributed by atoms with Crippen molar-refractivity contribution >= 4 is 39.2 Å². The van der Waals surface area contributed by atoms with Crippen LogP contribution in [0.4, 0.5) is 0 Å². The Bertz CT molecular complexity index is 765. The standard InChI is InChI=1S/C19H25N3OS2/c1-13-6-7-14-15(10-13)25-19-17(14)18(20-12-21-19)24-11-16(23)22-8-4-2-3-5-9-22/h12-13H,2-11H2,1H3/t13-/m1/s1. The van der Waals surface area contributed by atoms with E-state index in [1.54, 1.807) is 18.1 Å². The molecule has 6 heteroatoms. The number of amides is 1. The predicted octanol–water partition coefficient (Wildman–Crippen LogP) is 4.31. The van der Waals surface area contributed by atoms with Gasteiger partial charge in [0.05, 0.1) is 5.75 Å². The zero-order valence-corrected chi connectivity index (χ0v) is 16.4. The van der Waals surface area contributed by atoms with Crippen LogP contribution in [0.3, 0.4) is 0 Å². The predicted molar refractivity (Wildman–Crippen MR) is 104 cm³/mol. The lowest BCUT2D eigenvalue weighted by Crippen LogP contribution is -2.33. The number of likely N-dealkylation sites (tertiary alicyclic amines) is 1. The van der Waals surface area contributed by atoms with Crippen LogP contribution in [0.1, 0.15) is 49.5 Å². The molecule has 1 aliphatic heterocycles. The zero-order valence-electron chi connectivity index (χ0n) is 14.8. The minimum atomic E-state index is 0.261. The van der Waals surface area contributed by atoms with Gasteiger partial charge in [0, 0.05) is 23.4 Å². The molecule has 1 amide bonds. The van der Waals surface area contributed by atoms with Gasteiger partial charge >= 0.3 is 0 Å². The fraction of sp³-hybridized carbons (Fsp3) is 0.632. The van der Waals surface area contributed by atoms with Crippen LogP contribution in [0.25, 0.3) is 10.2 Å². The Morgan fingerprint density at radius 2 is 2.08 bits per heavy atom. The molecule has 3 heterocycles. The molecule has 1 atom stereocenters. The van der Waals surface area contributed by atoms with Crippen molar-refractivity contribution in [1.29, 1.82) is 0 Å². The Labute approximate surface area is 157 Å². The monoisotopic (exact) mass is 375 g/mol.